The molecule has 0 aliphatic carbocycles. The summed E-state index contributed by atoms with van der Waals surface area (Å²) in [5.41, 5.74) is -0.611. The number of esters is 1. The van der Waals surface area contributed by atoms with Gasteiger partial charge in [-0.3, -0.25) is 0 Å². The zero-order valence-corrected chi connectivity index (χ0v) is 9.00. The molecule has 0 atom stereocenters. The van der Waals surface area contributed by atoms with Crippen LogP contribution in [0.3, 0.4) is 0 Å². The number of hydrogen-bond acceptors (Lipinski definition) is 2. The Morgan fingerprint density at radius 3 is 1.88 bits per heavy atom. The van der Waals surface area contributed by atoms with Gasteiger partial charge in [-0.25, -0.2) is 4.79 Å². The molecule has 0 aromatic rings. The monoisotopic (exact) mass is 264 g/mol. The van der Waals surface area contributed by atoms with Gasteiger partial charge in [-0.15, -0.1) is 0 Å². The topological polar surface area (TPSA) is 26.3 Å². The van der Waals surface area contributed by atoms with Gasteiger partial charge >= 0.3 is 23.9 Å². The maximum Gasteiger partial charge on any atom is 0.473 e. The van der Waals surface area contributed by atoms with Crippen LogP contribution in [-0.2, 0) is 9.53 Å². The van der Waals surface area contributed by atoms with Gasteiger partial charge in [0, 0.05) is 12.0 Å². The largest absolute Gasteiger partial charge is 0.473 e. The highest BCUT2D eigenvalue weighted by Crippen LogP contribution is 2.47. The second-order valence-electron chi connectivity index (χ2n) is 3.32. The molecule has 0 bridgehead atoms. The summed E-state index contributed by atoms with van der Waals surface area (Å²) in [6.45, 7) is 4.38. The molecule has 0 amide bonds. The van der Waals surface area contributed by atoms with E-state index in [0.29, 0.717) is 6.92 Å². The molecule has 0 spiro atoms. The van der Waals surface area contributed by atoms with Crippen molar-refractivity contribution in [3.05, 3.63) is 12.2 Å². The smallest absolute Gasteiger partial charge is 0.393 e. The van der Waals surface area contributed by atoms with E-state index in [0.717, 1.165) is 6.92 Å². The van der Waals surface area contributed by atoms with Crippen molar-refractivity contribution in [2.24, 2.45) is 0 Å². The number of ether oxygens (including phenoxy) is 1. The Morgan fingerprint density at radius 2 is 1.59 bits per heavy atom. The van der Waals surface area contributed by atoms with E-state index in [9.17, 15) is 31.1 Å². The van der Waals surface area contributed by atoms with Gasteiger partial charge in [-0.05, 0) is 6.92 Å². The lowest BCUT2D eigenvalue weighted by molar-refractivity contribution is -0.384. The lowest BCUT2D eigenvalue weighted by atomic mass is 10.1. The third-order valence-electron chi connectivity index (χ3n) is 1.84. The lowest BCUT2D eigenvalue weighted by Gasteiger charge is -2.30. The molecule has 0 fully saturated rings. The highest BCUT2D eigenvalue weighted by atomic mass is 19.3. The molecule has 0 radical (unpaired) electrons. The van der Waals surface area contributed by atoms with E-state index in [-0.39, 0.29) is 0 Å². The predicted molar refractivity (Wildman–Crippen MR) is 46.0 cm³/mol. The molecule has 0 aliphatic heterocycles. The zero-order valence-electron chi connectivity index (χ0n) is 9.00. The molecule has 0 rings (SSSR count). The minimum atomic E-state index is -5.79. The molecule has 0 aliphatic rings. The van der Waals surface area contributed by atoms with E-state index in [4.69, 9.17) is 0 Å². The van der Waals surface area contributed by atoms with Gasteiger partial charge in [0.2, 0.25) is 0 Å². The molecule has 0 saturated carbocycles. The van der Waals surface area contributed by atoms with Crippen LogP contribution in [0.25, 0.3) is 0 Å². The van der Waals surface area contributed by atoms with Crippen molar-refractivity contribution in [1.29, 1.82) is 0 Å². The van der Waals surface area contributed by atoms with Crippen LogP contribution in [0.4, 0.5) is 26.3 Å². The summed E-state index contributed by atoms with van der Waals surface area (Å²) >= 11 is 0. The van der Waals surface area contributed by atoms with E-state index in [1.165, 1.54) is 0 Å². The van der Waals surface area contributed by atoms with Gasteiger partial charge in [-0.1, -0.05) is 13.5 Å². The molecule has 0 aromatic carbocycles. The number of carbonyl (C=O) groups is 1. The first-order valence-corrected chi connectivity index (χ1v) is 4.41. The third-order valence-corrected chi connectivity index (χ3v) is 1.84. The molecule has 17 heavy (non-hydrogen) atoms. The number of rotatable bonds is 5. The van der Waals surface area contributed by atoms with Crippen LogP contribution in [0.15, 0.2) is 12.2 Å². The summed E-state index contributed by atoms with van der Waals surface area (Å²) < 4.78 is 79.5. The Kier molecular flexibility index (Phi) is 4.25. The average molecular weight is 264 g/mol. The molecule has 8 heteroatoms. The Balaban J connectivity index is 5.17. The Hall–Kier alpha value is -1.21. The second kappa shape index (κ2) is 4.58. The van der Waals surface area contributed by atoms with Gasteiger partial charge in [-0.2, -0.15) is 26.3 Å². The molecule has 0 heterocycles. The Labute approximate surface area is 93.2 Å². The fourth-order valence-corrected chi connectivity index (χ4v) is 0.703. The highest BCUT2D eigenvalue weighted by molar-refractivity contribution is 5.87. The molecular formula is C9H10F6O2. The fraction of sp³-hybridized carbons (Fsp3) is 0.667. The molecule has 0 aromatic heterocycles. The van der Waals surface area contributed by atoms with E-state index in [2.05, 4.69) is 11.3 Å². The first-order chi connectivity index (χ1) is 7.39. The Bertz CT molecular complexity index is 323. The maximum atomic E-state index is 12.8. The van der Waals surface area contributed by atoms with Gasteiger partial charge in [0.25, 0.3) is 0 Å². The van der Waals surface area contributed by atoms with Crippen LogP contribution in [0, 0.1) is 0 Å². The highest BCUT2D eigenvalue weighted by Gasteiger charge is 2.73. The van der Waals surface area contributed by atoms with E-state index in [1.54, 1.807) is 0 Å². The normalized spacial score (nSPS) is 13.4. The summed E-state index contributed by atoms with van der Waals surface area (Å²) in [7, 11) is 0. The molecule has 0 unspecified atom stereocenters. The predicted octanol–water partition coefficient (Wildman–Crippen LogP) is 3.38. The van der Waals surface area contributed by atoms with Crippen molar-refractivity contribution in [2.75, 3.05) is 0 Å². The summed E-state index contributed by atoms with van der Waals surface area (Å²) in [5.74, 6) is -12.7. The van der Waals surface area contributed by atoms with Gasteiger partial charge in [0.05, 0.1) is 0 Å². The first-order valence-electron chi connectivity index (χ1n) is 4.41. The fourth-order valence-electron chi connectivity index (χ4n) is 0.703. The summed E-state index contributed by atoms with van der Waals surface area (Å²) in [6, 6.07) is 0. The van der Waals surface area contributed by atoms with Crippen molar-refractivity contribution >= 4 is 5.97 Å². The van der Waals surface area contributed by atoms with Crippen molar-refractivity contribution in [1.82, 2.24) is 0 Å². The molecule has 2 nitrogen and oxygen atoms in total. The minimum absolute atomic E-state index is 0.602. The summed E-state index contributed by atoms with van der Waals surface area (Å²) in [6.07, 6.45) is -7.14. The molecule has 0 saturated heterocycles. The van der Waals surface area contributed by atoms with Crippen LogP contribution >= 0.6 is 0 Å². The van der Waals surface area contributed by atoms with E-state index < -0.39 is 35.9 Å². The number of carbonyl (C=O) groups excluding carboxylic acids is 1. The minimum Gasteiger partial charge on any atom is -0.393 e. The molecule has 100 valence electrons. The lowest BCUT2D eigenvalue weighted by Crippen LogP contribution is -2.55. The van der Waals surface area contributed by atoms with Gasteiger partial charge < -0.3 is 4.74 Å². The summed E-state index contributed by atoms with van der Waals surface area (Å²) in [4.78, 5) is 10.6. The molecular weight excluding hydrogens is 254 g/mol. The van der Waals surface area contributed by atoms with Crippen LogP contribution in [-0.4, -0.2) is 23.9 Å². The zero-order chi connectivity index (χ0) is 14.1. The van der Waals surface area contributed by atoms with E-state index in [1.807, 2.05) is 0 Å². The molecule has 0 N–H and O–H groups in total. The van der Waals surface area contributed by atoms with Crippen molar-refractivity contribution in [2.45, 2.75) is 38.2 Å². The second-order valence-corrected chi connectivity index (χ2v) is 3.32. The number of hydrogen-bond donors (Lipinski definition) is 0. The van der Waals surface area contributed by atoms with Crippen molar-refractivity contribution in [3.63, 3.8) is 0 Å². The first kappa shape index (κ1) is 15.8. The maximum absolute atomic E-state index is 12.8. The van der Waals surface area contributed by atoms with Crippen molar-refractivity contribution in [3.8, 4) is 0 Å². The SMILES string of the molecule is C=C(C)C(=O)OC(F)(F)C(F)(F)C(F)(F)CC. The Morgan fingerprint density at radius 1 is 1.18 bits per heavy atom. The quantitative estimate of drug-likeness (QED) is 0.432. The van der Waals surface area contributed by atoms with Crippen LogP contribution in [0.2, 0.25) is 0 Å². The van der Waals surface area contributed by atoms with Crippen LogP contribution in [0.1, 0.15) is 20.3 Å². The van der Waals surface area contributed by atoms with Crippen LogP contribution < -0.4 is 0 Å². The summed E-state index contributed by atoms with van der Waals surface area (Å²) in [5, 5.41) is 0. The third kappa shape index (κ3) is 2.92. The van der Waals surface area contributed by atoms with E-state index >= 15 is 0 Å². The van der Waals surface area contributed by atoms with Gasteiger partial charge in [0.15, 0.2) is 0 Å². The van der Waals surface area contributed by atoms with Crippen LogP contribution in [0.5, 0.6) is 0 Å². The van der Waals surface area contributed by atoms with Crippen molar-refractivity contribution < 1.29 is 35.9 Å². The number of halogens is 6. The standard InChI is InChI=1S/C9H10F6O2/c1-4-7(10,11)8(12,13)9(14,15)17-6(16)5(2)3/h2,4H2,1,3H3. The van der Waals surface area contributed by atoms with Gasteiger partial charge in [0.1, 0.15) is 0 Å². The average Bonchev–Trinajstić information content (AvgIpc) is 2.16. The number of alkyl halides is 6.